The van der Waals surface area contributed by atoms with Gasteiger partial charge in [-0.1, -0.05) is 16.8 Å². The molecule has 24 heavy (non-hydrogen) atoms. The van der Waals surface area contributed by atoms with Gasteiger partial charge in [-0.2, -0.15) is 5.10 Å². The van der Waals surface area contributed by atoms with E-state index < -0.39 is 0 Å². The predicted molar refractivity (Wildman–Crippen MR) is 87.7 cm³/mol. The highest BCUT2D eigenvalue weighted by Gasteiger charge is 2.20. The van der Waals surface area contributed by atoms with Gasteiger partial charge in [-0.05, 0) is 26.0 Å². The van der Waals surface area contributed by atoms with Crippen molar-refractivity contribution in [2.24, 2.45) is 0 Å². The van der Waals surface area contributed by atoms with Crippen molar-refractivity contribution in [1.29, 1.82) is 0 Å². The Bertz CT molecular complexity index is 911. The molecule has 0 atom stereocenters. The van der Waals surface area contributed by atoms with Gasteiger partial charge in [0.2, 0.25) is 5.91 Å². The first-order valence-electron chi connectivity index (χ1n) is 7.37. The second kappa shape index (κ2) is 6.15. The molecular formula is C16H17N5O3. The summed E-state index contributed by atoms with van der Waals surface area (Å²) in [5.74, 6) is 0.209. The highest BCUT2D eigenvalue weighted by atomic mass is 16.5. The summed E-state index contributed by atoms with van der Waals surface area (Å²) in [6, 6.07) is 7.29. The van der Waals surface area contributed by atoms with E-state index in [1.165, 1.54) is 4.90 Å². The summed E-state index contributed by atoms with van der Waals surface area (Å²) in [7, 11) is 1.55. The van der Waals surface area contributed by atoms with Gasteiger partial charge in [-0.15, -0.1) is 0 Å². The maximum absolute atomic E-state index is 12.6. The van der Waals surface area contributed by atoms with Gasteiger partial charge in [0.25, 0.3) is 5.91 Å². The smallest absolute Gasteiger partial charge is 0.275 e. The predicted octanol–water partition coefficient (Wildman–Crippen LogP) is 1.88. The van der Waals surface area contributed by atoms with E-state index in [2.05, 4.69) is 20.7 Å². The van der Waals surface area contributed by atoms with Gasteiger partial charge in [-0.3, -0.25) is 14.7 Å². The van der Waals surface area contributed by atoms with E-state index in [0.29, 0.717) is 17.3 Å². The third-order valence-electron chi connectivity index (χ3n) is 3.54. The van der Waals surface area contributed by atoms with Crippen LogP contribution in [0.2, 0.25) is 0 Å². The Labute approximate surface area is 137 Å². The fourth-order valence-electron chi connectivity index (χ4n) is 2.37. The highest BCUT2D eigenvalue weighted by molar-refractivity contribution is 6.06. The van der Waals surface area contributed by atoms with Gasteiger partial charge in [0.15, 0.2) is 11.5 Å². The Hall–Kier alpha value is -3.16. The maximum Gasteiger partial charge on any atom is 0.275 e. The zero-order valence-corrected chi connectivity index (χ0v) is 13.6. The van der Waals surface area contributed by atoms with Crippen molar-refractivity contribution in [3.63, 3.8) is 0 Å². The van der Waals surface area contributed by atoms with E-state index in [1.54, 1.807) is 20.0 Å². The van der Waals surface area contributed by atoms with Crippen molar-refractivity contribution in [1.82, 2.24) is 20.3 Å². The SMILES string of the molecule is Cc1ccc2[nH]nc(C(=O)N(C)CC(=O)Nc3cc(C)on3)c2c1. The fourth-order valence-corrected chi connectivity index (χ4v) is 2.37. The number of fused-ring (bicyclic) bond motifs is 1. The molecule has 0 bridgehead atoms. The molecule has 3 aromatic rings. The largest absolute Gasteiger partial charge is 0.360 e. The molecule has 8 nitrogen and oxygen atoms in total. The summed E-state index contributed by atoms with van der Waals surface area (Å²) < 4.78 is 4.88. The average Bonchev–Trinajstić information content (AvgIpc) is 3.12. The third-order valence-corrected chi connectivity index (χ3v) is 3.54. The number of carbonyl (C=O) groups excluding carboxylic acids is 2. The molecule has 1 aromatic carbocycles. The minimum atomic E-state index is -0.366. The summed E-state index contributed by atoms with van der Waals surface area (Å²) in [6.45, 7) is 3.55. The lowest BCUT2D eigenvalue weighted by atomic mass is 10.1. The Morgan fingerprint density at radius 1 is 1.29 bits per heavy atom. The first-order chi connectivity index (χ1) is 11.4. The van der Waals surface area contributed by atoms with Crippen LogP contribution in [0, 0.1) is 13.8 Å². The third kappa shape index (κ3) is 3.12. The summed E-state index contributed by atoms with van der Waals surface area (Å²) in [5.41, 5.74) is 2.10. The second-order valence-corrected chi connectivity index (χ2v) is 5.65. The van der Waals surface area contributed by atoms with Crippen LogP contribution >= 0.6 is 0 Å². The van der Waals surface area contributed by atoms with Crippen LogP contribution in [-0.4, -0.2) is 45.7 Å². The first-order valence-corrected chi connectivity index (χ1v) is 7.37. The standard InChI is InChI=1S/C16H17N5O3/c1-9-4-5-12-11(6-9)15(19-18-12)16(23)21(3)8-14(22)17-13-7-10(2)24-20-13/h4-7H,8H2,1-3H3,(H,18,19)(H,17,20,22). The summed E-state index contributed by atoms with van der Waals surface area (Å²) in [5, 5.41) is 13.9. The number of carbonyl (C=O) groups is 2. The number of amides is 2. The number of aromatic nitrogens is 3. The van der Waals surface area contributed by atoms with E-state index in [-0.39, 0.29) is 18.4 Å². The second-order valence-electron chi connectivity index (χ2n) is 5.65. The Balaban J connectivity index is 1.71. The minimum Gasteiger partial charge on any atom is -0.360 e. The van der Waals surface area contributed by atoms with E-state index >= 15 is 0 Å². The Morgan fingerprint density at radius 3 is 2.79 bits per heavy atom. The molecule has 0 aliphatic carbocycles. The van der Waals surface area contributed by atoms with Crippen LogP contribution in [0.25, 0.3) is 10.9 Å². The number of likely N-dealkylation sites (N-methyl/N-ethyl adjacent to an activating group) is 1. The number of hydrogen-bond acceptors (Lipinski definition) is 5. The number of nitrogens with one attached hydrogen (secondary N) is 2. The number of aromatic amines is 1. The molecule has 2 heterocycles. The summed E-state index contributed by atoms with van der Waals surface area (Å²) >= 11 is 0. The van der Waals surface area contributed by atoms with Crippen LogP contribution < -0.4 is 5.32 Å². The van der Waals surface area contributed by atoms with E-state index in [1.807, 2.05) is 25.1 Å². The summed E-state index contributed by atoms with van der Waals surface area (Å²) in [6.07, 6.45) is 0. The molecule has 0 saturated carbocycles. The lowest BCUT2D eigenvalue weighted by Gasteiger charge is -2.15. The molecule has 0 fully saturated rings. The van der Waals surface area contributed by atoms with Crippen LogP contribution in [0.1, 0.15) is 21.8 Å². The number of aryl methyl sites for hydroxylation is 2. The average molecular weight is 327 g/mol. The maximum atomic E-state index is 12.6. The minimum absolute atomic E-state index is 0.120. The number of H-pyrrole nitrogens is 1. The topological polar surface area (TPSA) is 104 Å². The lowest BCUT2D eigenvalue weighted by Crippen LogP contribution is -2.35. The van der Waals surface area contributed by atoms with Gasteiger partial charge < -0.3 is 14.7 Å². The molecule has 2 amide bonds. The Morgan fingerprint density at radius 2 is 2.08 bits per heavy atom. The molecular weight excluding hydrogens is 310 g/mol. The monoisotopic (exact) mass is 327 g/mol. The number of nitrogens with zero attached hydrogens (tertiary/aromatic N) is 3. The quantitative estimate of drug-likeness (QED) is 0.761. The van der Waals surface area contributed by atoms with E-state index in [4.69, 9.17) is 4.52 Å². The van der Waals surface area contributed by atoms with Gasteiger partial charge in [-0.25, -0.2) is 0 Å². The number of benzene rings is 1. The van der Waals surface area contributed by atoms with Crippen LogP contribution in [-0.2, 0) is 4.79 Å². The first kappa shape index (κ1) is 15.7. The molecule has 0 saturated heterocycles. The molecule has 8 heteroatoms. The van der Waals surface area contributed by atoms with Gasteiger partial charge >= 0.3 is 0 Å². The van der Waals surface area contributed by atoms with Crippen molar-refractivity contribution in [3.8, 4) is 0 Å². The number of anilines is 1. The summed E-state index contributed by atoms with van der Waals surface area (Å²) in [4.78, 5) is 25.9. The van der Waals surface area contributed by atoms with Gasteiger partial charge in [0, 0.05) is 18.5 Å². The molecule has 0 unspecified atom stereocenters. The molecule has 2 aromatic heterocycles. The molecule has 0 radical (unpaired) electrons. The van der Waals surface area contributed by atoms with Crippen LogP contribution in [0.3, 0.4) is 0 Å². The molecule has 0 spiro atoms. The number of rotatable bonds is 4. The van der Waals surface area contributed by atoms with Crippen LogP contribution in [0.15, 0.2) is 28.8 Å². The molecule has 0 aliphatic heterocycles. The Kier molecular flexibility index (Phi) is 4.03. The zero-order valence-electron chi connectivity index (χ0n) is 13.6. The number of hydrogen-bond donors (Lipinski definition) is 2. The zero-order chi connectivity index (χ0) is 17.3. The molecule has 3 rings (SSSR count). The van der Waals surface area contributed by atoms with E-state index in [0.717, 1.165) is 16.5 Å². The molecule has 2 N–H and O–H groups in total. The van der Waals surface area contributed by atoms with Crippen LogP contribution in [0.4, 0.5) is 5.82 Å². The van der Waals surface area contributed by atoms with Crippen molar-refractivity contribution >= 4 is 28.5 Å². The highest BCUT2D eigenvalue weighted by Crippen LogP contribution is 2.18. The molecule has 124 valence electrons. The van der Waals surface area contributed by atoms with Crippen LogP contribution in [0.5, 0.6) is 0 Å². The van der Waals surface area contributed by atoms with Gasteiger partial charge in [0.1, 0.15) is 5.76 Å². The van der Waals surface area contributed by atoms with Crippen molar-refractivity contribution in [2.45, 2.75) is 13.8 Å². The fraction of sp³-hybridized carbons (Fsp3) is 0.250. The van der Waals surface area contributed by atoms with E-state index in [9.17, 15) is 9.59 Å². The lowest BCUT2D eigenvalue weighted by molar-refractivity contribution is -0.116. The van der Waals surface area contributed by atoms with Crippen molar-refractivity contribution in [3.05, 3.63) is 41.3 Å². The normalized spacial score (nSPS) is 10.8. The molecule has 0 aliphatic rings. The van der Waals surface area contributed by atoms with Crippen molar-refractivity contribution < 1.29 is 14.1 Å². The van der Waals surface area contributed by atoms with Gasteiger partial charge in [0.05, 0.1) is 12.1 Å². The van der Waals surface area contributed by atoms with Crippen molar-refractivity contribution in [2.75, 3.05) is 18.9 Å².